The van der Waals surface area contributed by atoms with Crippen molar-refractivity contribution in [2.45, 2.75) is 12.8 Å². The summed E-state index contributed by atoms with van der Waals surface area (Å²) < 4.78 is 10.8. The molecule has 2 aromatic rings. The number of ether oxygens (including phenoxy) is 2. The molecule has 2 aliphatic heterocycles. The summed E-state index contributed by atoms with van der Waals surface area (Å²) >= 11 is 0. The lowest BCUT2D eigenvalue weighted by Gasteiger charge is -2.15. The maximum Gasteiger partial charge on any atom is 0.126 e. The van der Waals surface area contributed by atoms with Crippen molar-refractivity contribution < 1.29 is 9.47 Å². The Labute approximate surface area is 119 Å². The van der Waals surface area contributed by atoms with E-state index in [-0.39, 0.29) is 0 Å². The lowest BCUT2D eigenvalue weighted by Crippen LogP contribution is -2.07. The van der Waals surface area contributed by atoms with E-state index in [4.69, 9.17) is 9.47 Å². The highest BCUT2D eigenvalue weighted by molar-refractivity contribution is 5.58. The van der Waals surface area contributed by atoms with Crippen molar-refractivity contribution in [2.24, 2.45) is 0 Å². The minimum atomic E-state index is 0.705. The van der Waals surface area contributed by atoms with Crippen molar-refractivity contribution in [3.05, 3.63) is 65.7 Å². The molecule has 102 valence electrons. The third-order valence-corrected chi connectivity index (χ3v) is 3.37. The van der Waals surface area contributed by atoms with Gasteiger partial charge in [-0.15, -0.1) is 0 Å². The zero-order chi connectivity index (χ0) is 13.6. The molecule has 0 amide bonds. The van der Waals surface area contributed by atoms with Crippen LogP contribution in [0.5, 0.6) is 11.5 Å². The number of para-hydroxylation sites is 2. The molecule has 0 N–H and O–H groups in total. The molecule has 0 saturated heterocycles. The first-order chi connectivity index (χ1) is 9.93. The molecule has 0 aliphatic carbocycles. The van der Waals surface area contributed by atoms with E-state index in [1.165, 1.54) is 17.5 Å². The molecule has 0 fully saturated rings. The Morgan fingerprint density at radius 1 is 0.800 bits per heavy atom. The van der Waals surface area contributed by atoms with Gasteiger partial charge in [0, 0.05) is 5.56 Å². The topological polar surface area (TPSA) is 18.5 Å². The molecule has 0 aromatic heterocycles. The second kappa shape index (κ2) is 6.29. The molecule has 0 radical (unpaired) electrons. The Hall–Kier alpha value is -2.22. The first kappa shape index (κ1) is 12.8. The van der Waals surface area contributed by atoms with Gasteiger partial charge in [0.2, 0.25) is 0 Å². The molecule has 2 heteroatoms. The van der Waals surface area contributed by atoms with E-state index in [2.05, 4.69) is 18.2 Å². The van der Waals surface area contributed by atoms with Gasteiger partial charge in [-0.1, -0.05) is 42.5 Å². The number of hydrogen-bond acceptors (Lipinski definition) is 2. The summed E-state index contributed by atoms with van der Waals surface area (Å²) in [4.78, 5) is 0. The van der Waals surface area contributed by atoms with Gasteiger partial charge in [0.15, 0.2) is 0 Å². The third-order valence-electron chi connectivity index (χ3n) is 3.37. The maximum absolute atomic E-state index is 5.42. The molecule has 0 unspecified atom stereocenters. The highest BCUT2D eigenvalue weighted by Crippen LogP contribution is 2.23. The van der Waals surface area contributed by atoms with E-state index >= 15 is 0 Å². The maximum atomic E-state index is 5.42. The summed E-state index contributed by atoms with van der Waals surface area (Å²) in [5, 5.41) is 0. The van der Waals surface area contributed by atoms with Crippen molar-refractivity contribution in [2.75, 3.05) is 13.2 Å². The fraction of sp³-hybridized carbons (Fsp3) is 0.222. The van der Waals surface area contributed by atoms with Crippen LogP contribution in [0.4, 0.5) is 0 Å². The van der Waals surface area contributed by atoms with Gasteiger partial charge >= 0.3 is 0 Å². The standard InChI is InChI=1S/C9H10O.C9H8O/c2*1-2-6-9-8(4-1)5-3-7-10-9/h1-2,4,6H,3,5,7H2;1-6H,7H2. The molecule has 4 rings (SSSR count). The van der Waals surface area contributed by atoms with Crippen molar-refractivity contribution in [1.82, 2.24) is 0 Å². The molecular formula is C18H18O2. The van der Waals surface area contributed by atoms with E-state index < -0.39 is 0 Å². The Morgan fingerprint density at radius 3 is 2.45 bits per heavy atom. The molecule has 2 nitrogen and oxygen atoms in total. The van der Waals surface area contributed by atoms with Crippen molar-refractivity contribution in [1.29, 1.82) is 0 Å². The minimum absolute atomic E-state index is 0.705. The van der Waals surface area contributed by atoms with Crippen LogP contribution in [0.2, 0.25) is 0 Å². The van der Waals surface area contributed by atoms with Crippen LogP contribution in [-0.4, -0.2) is 13.2 Å². The van der Waals surface area contributed by atoms with Crippen LogP contribution in [0, 0.1) is 0 Å². The summed E-state index contributed by atoms with van der Waals surface area (Å²) in [6, 6.07) is 16.3. The largest absolute Gasteiger partial charge is 0.493 e. The van der Waals surface area contributed by atoms with Gasteiger partial charge in [-0.3, -0.25) is 0 Å². The Bertz CT molecular complexity index is 577. The number of hydrogen-bond donors (Lipinski definition) is 0. The average molecular weight is 266 g/mol. The number of aryl methyl sites for hydroxylation is 1. The van der Waals surface area contributed by atoms with Crippen LogP contribution in [0.3, 0.4) is 0 Å². The van der Waals surface area contributed by atoms with E-state index in [9.17, 15) is 0 Å². The van der Waals surface area contributed by atoms with Gasteiger partial charge in [0.05, 0.1) is 6.61 Å². The van der Waals surface area contributed by atoms with Gasteiger partial charge in [-0.2, -0.15) is 0 Å². The summed E-state index contributed by atoms with van der Waals surface area (Å²) in [5.41, 5.74) is 2.53. The molecule has 2 heterocycles. The molecule has 0 spiro atoms. The fourth-order valence-corrected chi connectivity index (χ4v) is 2.36. The molecule has 20 heavy (non-hydrogen) atoms. The minimum Gasteiger partial charge on any atom is -0.493 e. The van der Waals surface area contributed by atoms with Gasteiger partial charge in [-0.05, 0) is 36.6 Å². The molecule has 0 saturated carbocycles. The van der Waals surface area contributed by atoms with Crippen LogP contribution < -0.4 is 9.47 Å². The Balaban J connectivity index is 0.000000121. The fourth-order valence-electron chi connectivity index (χ4n) is 2.36. The van der Waals surface area contributed by atoms with Crippen LogP contribution in [0.15, 0.2) is 54.6 Å². The normalized spacial score (nSPS) is 14.8. The predicted octanol–water partition coefficient (Wildman–Crippen LogP) is 4.10. The number of rotatable bonds is 0. The van der Waals surface area contributed by atoms with E-state index in [1.807, 2.05) is 42.5 Å². The van der Waals surface area contributed by atoms with Crippen molar-refractivity contribution >= 4 is 6.08 Å². The van der Waals surface area contributed by atoms with Crippen LogP contribution >= 0.6 is 0 Å². The lowest BCUT2D eigenvalue weighted by molar-refractivity contribution is 0.288. The molecule has 0 bridgehead atoms. The van der Waals surface area contributed by atoms with Gasteiger partial charge < -0.3 is 9.47 Å². The van der Waals surface area contributed by atoms with Crippen LogP contribution in [0.25, 0.3) is 6.08 Å². The van der Waals surface area contributed by atoms with Gasteiger partial charge in [-0.25, -0.2) is 0 Å². The van der Waals surface area contributed by atoms with Crippen molar-refractivity contribution in [3.63, 3.8) is 0 Å². The monoisotopic (exact) mass is 266 g/mol. The summed E-state index contributed by atoms with van der Waals surface area (Å²) in [5.74, 6) is 2.07. The van der Waals surface area contributed by atoms with Gasteiger partial charge in [0.25, 0.3) is 0 Å². The smallest absolute Gasteiger partial charge is 0.126 e. The summed E-state index contributed by atoms with van der Waals surface area (Å²) in [7, 11) is 0. The number of fused-ring (bicyclic) bond motifs is 2. The van der Waals surface area contributed by atoms with E-state index in [0.29, 0.717) is 6.61 Å². The first-order valence-electron chi connectivity index (χ1n) is 7.02. The quantitative estimate of drug-likeness (QED) is 0.714. The zero-order valence-corrected chi connectivity index (χ0v) is 11.4. The van der Waals surface area contributed by atoms with E-state index in [0.717, 1.165) is 24.5 Å². The number of benzene rings is 2. The van der Waals surface area contributed by atoms with E-state index in [1.54, 1.807) is 0 Å². The van der Waals surface area contributed by atoms with Crippen LogP contribution in [0.1, 0.15) is 17.5 Å². The molecule has 2 aliphatic rings. The lowest BCUT2D eigenvalue weighted by atomic mass is 10.1. The SMILES string of the molecule is C1=Cc2ccccc2OC1.c1ccc2c(c1)CCCO2. The predicted molar refractivity (Wildman–Crippen MR) is 81.2 cm³/mol. The average Bonchev–Trinajstić information content (AvgIpc) is 2.56. The second-order valence-corrected chi connectivity index (χ2v) is 4.81. The Morgan fingerprint density at radius 2 is 1.60 bits per heavy atom. The molecule has 2 aromatic carbocycles. The van der Waals surface area contributed by atoms with Crippen LogP contribution in [-0.2, 0) is 6.42 Å². The summed E-state index contributed by atoms with van der Waals surface area (Å²) in [6.45, 7) is 1.59. The molecule has 0 atom stereocenters. The third kappa shape index (κ3) is 3.02. The van der Waals surface area contributed by atoms with Gasteiger partial charge in [0.1, 0.15) is 18.1 Å². The Kier molecular flexibility index (Phi) is 4.02. The highest BCUT2D eigenvalue weighted by Gasteiger charge is 2.07. The first-order valence-corrected chi connectivity index (χ1v) is 7.02. The summed E-state index contributed by atoms with van der Waals surface area (Å²) in [6.07, 6.45) is 6.44. The molecular weight excluding hydrogens is 248 g/mol. The highest BCUT2D eigenvalue weighted by atomic mass is 16.5. The second-order valence-electron chi connectivity index (χ2n) is 4.81. The zero-order valence-electron chi connectivity index (χ0n) is 11.4. The van der Waals surface area contributed by atoms with Crippen molar-refractivity contribution in [3.8, 4) is 11.5 Å².